The Kier molecular flexibility index (Phi) is 6.49. The van der Waals surface area contributed by atoms with Gasteiger partial charge in [0.15, 0.2) is 0 Å². The lowest BCUT2D eigenvalue weighted by molar-refractivity contribution is -0.136. The van der Waals surface area contributed by atoms with Gasteiger partial charge in [0.1, 0.15) is 11.6 Å². The molecule has 0 radical (unpaired) electrons. The van der Waals surface area contributed by atoms with E-state index in [2.05, 4.69) is 15.4 Å². The predicted octanol–water partition coefficient (Wildman–Crippen LogP) is 2.90. The molecule has 9 nitrogen and oxygen atoms in total. The summed E-state index contributed by atoms with van der Waals surface area (Å²) in [4.78, 5) is 32.5. The zero-order valence-electron chi connectivity index (χ0n) is 18.8. The van der Waals surface area contributed by atoms with E-state index in [1.54, 1.807) is 22.7 Å². The summed E-state index contributed by atoms with van der Waals surface area (Å²) in [5.41, 5.74) is -0.0541. The number of pyridine rings is 1. The molecule has 0 aliphatic carbocycles. The smallest absolute Gasteiger partial charge is 0.417 e. The van der Waals surface area contributed by atoms with Gasteiger partial charge in [0, 0.05) is 44.7 Å². The number of esters is 1. The van der Waals surface area contributed by atoms with Gasteiger partial charge in [-0.3, -0.25) is 14.4 Å². The van der Waals surface area contributed by atoms with Crippen molar-refractivity contribution >= 4 is 45.1 Å². The molecule has 1 N–H and O–H groups in total. The molecule has 182 valence electrons. The number of amides is 1. The maximum atomic E-state index is 13.8. The molecule has 1 amide bonds. The Morgan fingerprint density at radius 1 is 1.21 bits per heavy atom. The Bertz CT molecular complexity index is 1230. The molecule has 34 heavy (non-hydrogen) atoms. The van der Waals surface area contributed by atoms with E-state index in [0.717, 1.165) is 23.1 Å². The van der Waals surface area contributed by atoms with E-state index in [9.17, 15) is 22.8 Å². The minimum Gasteiger partial charge on any atom is -0.465 e. The molecule has 1 aliphatic heterocycles. The molecule has 0 bridgehead atoms. The first-order valence-corrected chi connectivity index (χ1v) is 11.3. The molecule has 0 unspecified atom stereocenters. The molecular formula is C21H23F3N6O3S. The van der Waals surface area contributed by atoms with Crippen LogP contribution in [0.1, 0.15) is 21.6 Å². The van der Waals surface area contributed by atoms with E-state index >= 15 is 0 Å². The average Bonchev–Trinajstić information content (AvgIpc) is 3.34. The maximum absolute atomic E-state index is 13.8. The summed E-state index contributed by atoms with van der Waals surface area (Å²) < 4.78 is 47.5. The third-order valence-electron chi connectivity index (χ3n) is 5.55. The average molecular weight is 497 g/mol. The van der Waals surface area contributed by atoms with Crippen molar-refractivity contribution in [2.24, 2.45) is 7.05 Å². The van der Waals surface area contributed by atoms with Crippen LogP contribution in [0.2, 0.25) is 0 Å². The Labute approximate surface area is 197 Å². The zero-order chi connectivity index (χ0) is 24.6. The molecule has 1 fully saturated rings. The lowest BCUT2D eigenvalue weighted by atomic mass is 10.1. The summed E-state index contributed by atoms with van der Waals surface area (Å²) in [6.07, 6.45) is -4.60. The van der Waals surface area contributed by atoms with Crippen LogP contribution in [0.5, 0.6) is 0 Å². The number of ether oxygens (including phenoxy) is 1. The third-order valence-corrected chi connectivity index (χ3v) is 6.56. The summed E-state index contributed by atoms with van der Waals surface area (Å²) in [6.45, 7) is 3.67. The van der Waals surface area contributed by atoms with Gasteiger partial charge in [-0.1, -0.05) is 0 Å². The number of hydrogen-bond acceptors (Lipinski definition) is 8. The van der Waals surface area contributed by atoms with Crippen molar-refractivity contribution in [2.75, 3.05) is 50.1 Å². The van der Waals surface area contributed by atoms with Crippen LogP contribution in [0.3, 0.4) is 0 Å². The van der Waals surface area contributed by atoms with Gasteiger partial charge in [-0.2, -0.15) is 18.3 Å². The number of rotatable bonds is 5. The second-order valence-electron chi connectivity index (χ2n) is 7.95. The molecule has 13 heteroatoms. The predicted molar refractivity (Wildman–Crippen MR) is 121 cm³/mol. The maximum Gasteiger partial charge on any atom is 0.417 e. The minimum atomic E-state index is -4.60. The summed E-state index contributed by atoms with van der Waals surface area (Å²) in [6, 6.07) is 2.79. The van der Waals surface area contributed by atoms with Crippen LogP contribution in [-0.2, 0) is 22.8 Å². The monoisotopic (exact) mass is 496 g/mol. The molecule has 4 rings (SSSR count). The number of anilines is 2. The second-order valence-corrected chi connectivity index (χ2v) is 8.83. The van der Waals surface area contributed by atoms with Gasteiger partial charge in [-0.05, 0) is 13.0 Å². The number of thiophene rings is 1. The highest BCUT2D eigenvalue weighted by Gasteiger charge is 2.36. The number of piperazine rings is 1. The van der Waals surface area contributed by atoms with Crippen molar-refractivity contribution in [2.45, 2.75) is 13.1 Å². The summed E-state index contributed by atoms with van der Waals surface area (Å²) in [5, 5.41) is 8.33. The highest BCUT2D eigenvalue weighted by Crippen LogP contribution is 2.40. The third kappa shape index (κ3) is 4.85. The fraction of sp³-hybridized carbons (Fsp3) is 0.429. The van der Waals surface area contributed by atoms with E-state index in [1.165, 1.54) is 12.5 Å². The molecule has 1 saturated heterocycles. The Balaban J connectivity index is 1.48. The molecule has 0 atom stereocenters. The SMILES string of the molecule is COC(=O)c1csc2c(C(F)(F)F)cc(N3CCN(CC(=O)Nc4cc(C)nn4C)CC3)nc12. The number of carbonyl (C=O) groups is 2. The largest absolute Gasteiger partial charge is 0.465 e. The fourth-order valence-corrected chi connectivity index (χ4v) is 4.88. The minimum absolute atomic E-state index is 0.00978. The number of hydrogen-bond donors (Lipinski definition) is 1. The van der Waals surface area contributed by atoms with Gasteiger partial charge in [0.25, 0.3) is 0 Å². The molecule has 3 aromatic rings. The van der Waals surface area contributed by atoms with Gasteiger partial charge in [0.2, 0.25) is 5.91 Å². The lowest BCUT2D eigenvalue weighted by Crippen LogP contribution is -2.49. The molecule has 4 heterocycles. The van der Waals surface area contributed by atoms with Crippen LogP contribution < -0.4 is 10.2 Å². The number of aryl methyl sites for hydroxylation is 2. The van der Waals surface area contributed by atoms with Crippen molar-refractivity contribution < 1.29 is 27.5 Å². The van der Waals surface area contributed by atoms with Crippen LogP contribution in [-0.4, -0.2) is 71.4 Å². The molecule has 1 aliphatic rings. The van der Waals surface area contributed by atoms with E-state index in [4.69, 9.17) is 4.74 Å². The summed E-state index contributed by atoms with van der Waals surface area (Å²) in [5.74, 6) is -0.201. The fourth-order valence-electron chi connectivity index (χ4n) is 3.87. The topological polar surface area (TPSA) is 92.6 Å². The van der Waals surface area contributed by atoms with Gasteiger partial charge in [-0.25, -0.2) is 9.78 Å². The summed E-state index contributed by atoms with van der Waals surface area (Å²) in [7, 11) is 2.91. The van der Waals surface area contributed by atoms with Crippen LogP contribution in [0, 0.1) is 6.92 Å². The zero-order valence-corrected chi connectivity index (χ0v) is 19.6. The Hall–Kier alpha value is -3.19. The molecule has 0 saturated carbocycles. The Morgan fingerprint density at radius 2 is 1.91 bits per heavy atom. The van der Waals surface area contributed by atoms with E-state index in [-0.39, 0.29) is 34.0 Å². The molecule has 0 aromatic carbocycles. The van der Waals surface area contributed by atoms with Gasteiger partial charge in [0.05, 0.1) is 40.7 Å². The quantitative estimate of drug-likeness (QED) is 0.543. The van der Waals surface area contributed by atoms with Crippen molar-refractivity contribution in [3.63, 3.8) is 0 Å². The first-order chi connectivity index (χ1) is 16.1. The number of nitrogens with zero attached hydrogens (tertiary/aromatic N) is 5. The van der Waals surface area contributed by atoms with Gasteiger partial charge < -0.3 is 15.0 Å². The number of nitrogens with one attached hydrogen (secondary N) is 1. The lowest BCUT2D eigenvalue weighted by Gasteiger charge is -2.35. The first-order valence-electron chi connectivity index (χ1n) is 10.4. The number of alkyl halides is 3. The second kappa shape index (κ2) is 9.22. The molecular weight excluding hydrogens is 473 g/mol. The van der Waals surface area contributed by atoms with Gasteiger partial charge in [-0.15, -0.1) is 11.3 Å². The first kappa shape index (κ1) is 24.0. The van der Waals surface area contributed by atoms with Crippen molar-refractivity contribution in [1.82, 2.24) is 19.7 Å². The number of halogens is 3. The van der Waals surface area contributed by atoms with Crippen LogP contribution in [0.25, 0.3) is 10.2 Å². The number of fused-ring (bicyclic) bond motifs is 1. The summed E-state index contributed by atoms with van der Waals surface area (Å²) >= 11 is 0.816. The molecule has 0 spiro atoms. The number of methoxy groups -OCH3 is 1. The van der Waals surface area contributed by atoms with Crippen molar-refractivity contribution in [1.29, 1.82) is 0 Å². The molecule has 3 aromatic heterocycles. The number of carbonyl (C=O) groups excluding carboxylic acids is 2. The normalized spacial score (nSPS) is 15.1. The van der Waals surface area contributed by atoms with E-state index < -0.39 is 17.7 Å². The van der Waals surface area contributed by atoms with E-state index in [1.807, 2.05) is 11.8 Å². The van der Waals surface area contributed by atoms with Crippen LogP contribution >= 0.6 is 11.3 Å². The highest BCUT2D eigenvalue weighted by molar-refractivity contribution is 7.17. The Morgan fingerprint density at radius 3 is 2.50 bits per heavy atom. The van der Waals surface area contributed by atoms with Crippen molar-refractivity contribution in [3.05, 3.63) is 34.3 Å². The van der Waals surface area contributed by atoms with E-state index in [0.29, 0.717) is 32.0 Å². The standard InChI is InChI=1S/C21H23F3N6O3S/c1-12-8-15(28(2)27-12)25-17(31)10-29-4-6-30(7-5-29)16-9-14(21(22,23)24)19-18(26-16)13(11-34-19)20(32)33-3/h8-9,11H,4-7,10H2,1-3H3,(H,25,31). The van der Waals surface area contributed by atoms with Crippen LogP contribution in [0.4, 0.5) is 24.8 Å². The highest BCUT2D eigenvalue weighted by atomic mass is 32.1. The van der Waals surface area contributed by atoms with Gasteiger partial charge >= 0.3 is 12.1 Å². The van der Waals surface area contributed by atoms with Crippen molar-refractivity contribution in [3.8, 4) is 0 Å². The van der Waals surface area contributed by atoms with Crippen LogP contribution in [0.15, 0.2) is 17.5 Å². The number of aromatic nitrogens is 3.